The Kier molecular flexibility index (Phi) is 10.4. The largest absolute Gasteiger partial charge is 0.444 e. The number of carbonyl (C=O) groups is 1. The number of piperidine rings is 1. The highest BCUT2D eigenvalue weighted by Crippen LogP contribution is 2.21. The normalized spacial score (nSPS) is 17.9. The Hall–Kier alpha value is -1.03. The molecule has 2 N–H and O–H groups in total. The minimum atomic E-state index is -0.438. The Bertz CT molecular complexity index is 587. The third-order valence-corrected chi connectivity index (χ3v) is 5.13. The number of likely N-dealkylation sites (tertiary alicyclic amines) is 1. The highest BCUT2D eigenvalue weighted by molar-refractivity contribution is 14.0. The molecule has 0 aliphatic carbocycles. The van der Waals surface area contributed by atoms with Gasteiger partial charge in [-0.3, -0.25) is 4.99 Å². The van der Waals surface area contributed by atoms with Gasteiger partial charge in [0.25, 0.3) is 0 Å². The number of aliphatic imine (C=N–C) groups is 1. The molecule has 27 heavy (non-hydrogen) atoms. The third kappa shape index (κ3) is 9.14. The van der Waals surface area contributed by atoms with E-state index in [0.717, 1.165) is 51.4 Å². The van der Waals surface area contributed by atoms with Crippen molar-refractivity contribution in [2.45, 2.75) is 52.2 Å². The number of amides is 1. The van der Waals surface area contributed by atoms with Crippen LogP contribution < -0.4 is 10.6 Å². The topological polar surface area (TPSA) is 66.0 Å². The Balaban J connectivity index is 0.00000364. The average Bonchev–Trinajstić information content (AvgIpc) is 3.10. The molecule has 0 radical (unpaired) electrons. The molecule has 2 rings (SSSR count). The summed E-state index contributed by atoms with van der Waals surface area (Å²) in [7, 11) is 1.79. The standard InChI is InChI=1S/C19H32N4O2S.HI/c1-19(2,3)25-18(24)23-11-5-7-15(14-23)9-10-21-17(20-4)22-13-16-8-6-12-26-16;/h6,8,12,15H,5,7,9-11,13-14H2,1-4H3,(H2,20,21,22);1H. The molecule has 1 saturated heterocycles. The van der Waals surface area contributed by atoms with Crippen LogP contribution in [0.2, 0.25) is 0 Å². The summed E-state index contributed by atoms with van der Waals surface area (Å²) >= 11 is 1.73. The van der Waals surface area contributed by atoms with Crippen LogP contribution in [0.5, 0.6) is 0 Å². The molecule has 1 aromatic heterocycles. The summed E-state index contributed by atoms with van der Waals surface area (Å²) < 4.78 is 5.50. The first-order valence-electron chi connectivity index (χ1n) is 9.32. The van der Waals surface area contributed by atoms with Crippen LogP contribution in [0.25, 0.3) is 0 Å². The average molecular weight is 508 g/mol. The van der Waals surface area contributed by atoms with E-state index in [0.29, 0.717) is 5.92 Å². The van der Waals surface area contributed by atoms with Crippen LogP contribution in [-0.4, -0.2) is 49.2 Å². The maximum Gasteiger partial charge on any atom is 0.410 e. The van der Waals surface area contributed by atoms with Crippen LogP contribution in [0.15, 0.2) is 22.5 Å². The molecule has 0 spiro atoms. The summed E-state index contributed by atoms with van der Waals surface area (Å²) in [5.74, 6) is 1.32. The minimum Gasteiger partial charge on any atom is -0.444 e. The molecule has 1 aliphatic heterocycles. The second-order valence-corrected chi connectivity index (χ2v) is 8.69. The van der Waals surface area contributed by atoms with Crippen LogP contribution in [0.4, 0.5) is 4.79 Å². The van der Waals surface area contributed by atoms with Crippen molar-refractivity contribution < 1.29 is 9.53 Å². The lowest BCUT2D eigenvalue weighted by atomic mass is 9.95. The Morgan fingerprint density at radius 2 is 2.19 bits per heavy atom. The first-order chi connectivity index (χ1) is 12.4. The van der Waals surface area contributed by atoms with Crippen molar-refractivity contribution in [1.29, 1.82) is 0 Å². The molecule has 8 heteroatoms. The lowest BCUT2D eigenvalue weighted by Crippen LogP contribution is -2.44. The van der Waals surface area contributed by atoms with Gasteiger partial charge in [-0.05, 0) is 57.4 Å². The van der Waals surface area contributed by atoms with E-state index in [9.17, 15) is 4.79 Å². The van der Waals surface area contributed by atoms with Gasteiger partial charge in [0, 0.05) is 31.6 Å². The molecule has 0 bridgehead atoms. The SMILES string of the molecule is CN=C(NCCC1CCCN(C(=O)OC(C)(C)C)C1)NCc1cccs1.I. The molecule has 0 saturated carbocycles. The van der Waals surface area contributed by atoms with Gasteiger partial charge in [0.05, 0.1) is 6.54 Å². The fourth-order valence-electron chi connectivity index (χ4n) is 2.99. The fourth-order valence-corrected chi connectivity index (χ4v) is 3.64. The molecular formula is C19H33IN4O2S. The van der Waals surface area contributed by atoms with Crippen LogP contribution in [-0.2, 0) is 11.3 Å². The zero-order valence-corrected chi connectivity index (χ0v) is 19.9. The molecule has 154 valence electrons. The molecule has 1 amide bonds. The second-order valence-electron chi connectivity index (χ2n) is 7.66. The highest BCUT2D eigenvalue weighted by Gasteiger charge is 2.27. The smallest absolute Gasteiger partial charge is 0.410 e. The predicted octanol–water partition coefficient (Wildman–Crippen LogP) is 4.07. The summed E-state index contributed by atoms with van der Waals surface area (Å²) in [6, 6.07) is 4.16. The number of nitrogens with zero attached hydrogens (tertiary/aromatic N) is 2. The Morgan fingerprint density at radius 3 is 2.81 bits per heavy atom. The van der Waals surface area contributed by atoms with E-state index in [-0.39, 0.29) is 30.1 Å². The maximum absolute atomic E-state index is 12.2. The molecule has 1 fully saturated rings. The number of ether oxygens (including phenoxy) is 1. The van der Waals surface area contributed by atoms with Crippen molar-refractivity contribution in [2.75, 3.05) is 26.7 Å². The lowest BCUT2D eigenvalue weighted by Gasteiger charge is -2.34. The number of rotatable bonds is 5. The van der Waals surface area contributed by atoms with Gasteiger partial charge in [-0.15, -0.1) is 35.3 Å². The lowest BCUT2D eigenvalue weighted by molar-refractivity contribution is 0.0162. The third-order valence-electron chi connectivity index (χ3n) is 4.25. The van der Waals surface area contributed by atoms with E-state index in [2.05, 4.69) is 33.1 Å². The Labute approximate surface area is 184 Å². The van der Waals surface area contributed by atoms with Crippen LogP contribution in [0.3, 0.4) is 0 Å². The molecule has 1 atom stereocenters. The molecule has 0 aromatic carbocycles. The molecule has 1 unspecified atom stereocenters. The summed E-state index contributed by atoms with van der Waals surface area (Å²) in [6.07, 6.45) is 3.01. The zero-order valence-electron chi connectivity index (χ0n) is 16.8. The van der Waals surface area contributed by atoms with Crippen molar-refractivity contribution in [3.63, 3.8) is 0 Å². The van der Waals surface area contributed by atoms with Gasteiger partial charge in [0.15, 0.2) is 5.96 Å². The summed E-state index contributed by atoms with van der Waals surface area (Å²) in [4.78, 5) is 19.6. The Morgan fingerprint density at radius 1 is 1.41 bits per heavy atom. The molecule has 2 heterocycles. The number of nitrogens with one attached hydrogen (secondary N) is 2. The number of hydrogen-bond acceptors (Lipinski definition) is 4. The van der Waals surface area contributed by atoms with Gasteiger partial charge in [-0.25, -0.2) is 4.79 Å². The zero-order chi connectivity index (χ0) is 19.0. The van der Waals surface area contributed by atoms with Crippen molar-refractivity contribution in [1.82, 2.24) is 15.5 Å². The number of carbonyl (C=O) groups excluding carboxylic acids is 1. The van der Waals surface area contributed by atoms with Crippen molar-refractivity contribution in [3.8, 4) is 0 Å². The quantitative estimate of drug-likeness (QED) is 0.358. The first-order valence-corrected chi connectivity index (χ1v) is 10.2. The van der Waals surface area contributed by atoms with Crippen LogP contribution in [0, 0.1) is 5.92 Å². The maximum atomic E-state index is 12.2. The van der Waals surface area contributed by atoms with Gasteiger partial charge < -0.3 is 20.3 Å². The number of halogens is 1. The summed E-state index contributed by atoms with van der Waals surface area (Å²) in [5, 5.41) is 8.77. The van der Waals surface area contributed by atoms with E-state index in [1.165, 1.54) is 4.88 Å². The number of hydrogen-bond donors (Lipinski definition) is 2. The highest BCUT2D eigenvalue weighted by atomic mass is 127. The van der Waals surface area contributed by atoms with E-state index in [1.54, 1.807) is 18.4 Å². The number of thiophene rings is 1. The van der Waals surface area contributed by atoms with Gasteiger partial charge in [-0.2, -0.15) is 0 Å². The van der Waals surface area contributed by atoms with Crippen molar-refractivity contribution in [3.05, 3.63) is 22.4 Å². The summed E-state index contributed by atoms with van der Waals surface area (Å²) in [5.41, 5.74) is -0.438. The van der Waals surface area contributed by atoms with Crippen molar-refractivity contribution >= 4 is 47.4 Å². The van der Waals surface area contributed by atoms with Gasteiger partial charge in [-0.1, -0.05) is 6.07 Å². The van der Waals surface area contributed by atoms with Gasteiger partial charge in [0.1, 0.15) is 5.60 Å². The number of guanidine groups is 1. The first kappa shape index (κ1) is 24.0. The van der Waals surface area contributed by atoms with Crippen molar-refractivity contribution in [2.24, 2.45) is 10.9 Å². The van der Waals surface area contributed by atoms with E-state index in [1.807, 2.05) is 25.7 Å². The second kappa shape index (κ2) is 11.7. The van der Waals surface area contributed by atoms with Crippen LogP contribution in [0.1, 0.15) is 44.9 Å². The van der Waals surface area contributed by atoms with E-state index >= 15 is 0 Å². The molecule has 6 nitrogen and oxygen atoms in total. The van der Waals surface area contributed by atoms with E-state index < -0.39 is 5.60 Å². The van der Waals surface area contributed by atoms with E-state index in [4.69, 9.17) is 4.74 Å². The molecule has 1 aromatic rings. The predicted molar refractivity (Wildman–Crippen MR) is 123 cm³/mol. The van der Waals surface area contributed by atoms with Gasteiger partial charge >= 0.3 is 6.09 Å². The van der Waals surface area contributed by atoms with Crippen LogP contribution >= 0.6 is 35.3 Å². The summed E-state index contributed by atoms with van der Waals surface area (Å²) in [6.45, 7) is 8.92. The minimum absolute atomic E-state index is 0. The molecular weight excluding hydrogens is 475 g/mol. The van der Waals surface area contributed by atoms with Gasteiger partial charge in [0.2, 0.25) is 0 Å². The molecule has 1 aliphatic rings. The fraction of sp³-hybridized carbons (Fsp3) is 0.684. The monoisotopic (exact) mass is 508 g/mol.